The number of piperidine rings is 1. The average Bonchev–Trinajstić information content (AvgIpc) is 3.10. The SMILES string of the molecule is Cc1ccc(C)c(OC2CCN(C(=O)CCC3CCNC3)CC2)c1.Cl. The zero-order chi connectivity index (χ0) is 16.9. The maximum absolute atomic E-state index is 12.4. The molecule has 1 atom stereocenters. The highest BCUT2D eigenvalue weighted by Crippen LogP contribution is 2.24. The van der Waals surface area contributed by atoms with E-state index < -0.39 is 0 Å². The van der Waals surface area contributed by atoms with Crippen molar-refractivity contribution in [3.8, 4) is 5.75 Å². The molecular weight excluding hydrogens is 336 g/mol. The number of aryl methyl sites for hydroxylation is 2. The summed E-state index contributed by atoms with van der Waals surface area (Å²) < 4.78 is 6.19. The van der Waals surface area contributed by atoms with Crippen LogP contribution in [0.25, 0.3) is 0 Å². The molecule has 1 amide bonds. The van der Waals surface area contributed by atoms with E-state index in [4.69, 9.17) is 4.74 Å². The predicted octanol–water partition coefficient (Wildman–Crippen LogP) is 3.48. The fourth-order valence-electron chi connectivity index (χ4n) is 3.68. The van der Waals surface area contributed by atoms with Crippen molar-refractivity contribution in [3.05, 3.63) is 29.3 Å². The molecule has 2 saturated heterocycles. The summed E-state index contributed by atoms with van der Waals surface area (Å²) in [6.45, 7) is 8.03. The molecule has 1 aromatic rings. The number of hydrogen-bond donors (Lipinski definition) is 1. The fourth-order valence-corrected chi connectivity index (χ4v) is 3.68. The molecule has 2 aliphatic rings. The molecule has 0 spiro atoms. The first-order valence-corrected chi connectivity index (χ1v) is 9.34. The predicted molar refractivity (Wildman–Crippen MR) is 104 cm³/mol. The van der Waals surface area contributed by atoms with E-state index >= 15 is 0 Å². The van der Waals surface area contributed by atoms with E-state index in [-0.39, 0.29) is 18.5 Å². The molecule has 1 N–H and O–H groups in total. The summed E-state index contributed by atoms with van der Waals surface area (Å²) in [6.07, 6.45) is 5.06. The highest BCUT2D eigenvalue weighted by atomic mass is 35.5. The summed E-state index contributed by atoms with van der Waals surface area (Å²) in [6, 6.07) is 6.34. The summed E-state index contributed by atoms with van der Waals surface area (Å²) in [4.78, 5) is 14.4. The van der Waals surface area contributed by atoms with E-state index in [1.54, 1.807) is 0 Å². The first kappa shape index (κ1) is 20.1. The Balaban J connectivity index is 0.00000225. The topological polar surface area (TPSA) is 41.6 Å². The third-order valence-electron chi connectivity index (χ3n) is 5.36. The summed E-state index contributed by atoms with van der Waals surface area (Å²) >= 11 is 0. The quantitative estimate of drug-likeness (QED) is 0.867. The average molecular weight is 367 g/mol. The molecule has 2 aliphatic heterocycles. The maximum Gasteiger partial charge on any atom is 0.222 e. The summed E-state index contributed by atoms with van der Waals surface area (Å²) in [5.41, 5.74) is 2.41. The van der Waals surface area contributed by atoms with Crippen LogP contribution in [-0.4, -0.2) is 43.1 Å². The molecule has 2 heterocycles. The smallest absolute Gasteiger partial charge is 0.222 e. The summed E-state index contributed by atoms with van der Waals surface area (Å²) in [5, 5.41) is 3.37. The number of ether oxygens (including phenoxy) is 1. The Morgan fingerprint density at radius 2 is 2.00 bits per heavy atom. The number of carbonyl (C=O) groups is 1. The molecular formula is C20H31ClN2O2. The van der Waals surface area contributed by atoms with Crippen LogP contribution < -0.4 is 10.1 Å². The normalized spacial score (nSPS) is 21.0. The molecule has 0 saturated carbocycles. The van der Waals surface area contributed by atoms with Crippen LogP contribution in [0.4, 0.5) is 0 Å². The summed E-state index contributed by atoms with van der Waals surface area (Å²) in [7, 11) is 0. The Hall–Kier alpha value is -1.26. The molecule has 1 unspecified atom stereocenters. The molecule has 4 nitrogen and oxygen atoms in total. The van der Waals surface area contributed by atoms with Gasteiger partial charge in [-0.1, -0.05) is 12.1 Å². The van der Waals surface area contributed by atoms with Gasteiger partial charge in [-0.2, -0.15) is 0 Å². The second-order valence-corrected chi connectivity index (χ2v) is 7.36. The van der Waals surface area contributed by atoms with Crippen molar-refractivity contribution in [2.75, 3.05) is 26.2 Å². The Morgan fingerprint density at radius 3 is 2.68 bits per heavy atom. The van der Waals surface area contributed by atoms with E-state index in [2.05, 4.69) is 37.4 Å². The highest BCUT2D eigenvalue weighted by molar-refractivity contribution is 5.85. The van der Waals surface area contributed by atoms with Gasteiger partial charge >= 0.3 is 0 Å². The van der Waals surface area contributed by atoms with Gasteiger partial charge in [0.1, 0.15) is 11.9 Å². The van der Waals surface area contributed by atoms with Crippen LogP contribution >= 0.6 is 12.4 Å². The highest BCUT2D eigenvalue weighted by Gasteiger charge is 2.25. The second kappa shape index (κ2) is 9.44. The minimum absolute atomic E-state index is 0. The molecule has 0 radical (unpaired) electrons. The third-order valence-corrected chi connectivity index (χ3v) is 5.36. The molecule has 0 aromatic heterocycles. The Labute approximate surface area is 157 Å². The number of hydrogen-bond acceptors (Lipinski definition) is 3. The van der Waals surface area contributed by atoms with Gasteiger partial charge in [0.2, 0.25) is 5.91 Å². The lowest BCUT2D eigenvalue weighted by Gasteiger charge is -2.32. The van der Waals surface area contributed by atoms with Crippen molar-refractivity contribution < 1.29 is 9.53 Å². The Kier molecular flexibility index (Phi) is 7.57. The first-order valence-electron chi connectivity index (χ1n) is 9.34. The number of rotatable bonds is 5. The fraction of sp³-hybridized carbons (Fsp3) is 0.650. The van der Waals surface area contributed by atoms with Gasteiger partial charge in [0, 0.05) is 32.4 Å². The van der Waals surface area contributed by atoms with Crippen LogP contribution in [0.2, 0.25) is 0 Å². The van der Waals surface area contributed by atoms with Gasteiger partial charge in [0.15, 0.2) is 0 Å². The van der Waals surface area contributed by atoms with Crippen LogP contribution in [0.5, 0.6) is 5.75 Å². The van der Waals surface area contributed by atoms with Gasteiger partial charge in [-0.05, 0) is 62.9 Å². The number of nitrogens with one attached hydrogen (secondary N) is 1. The van der Waals surface area contributed by atoms with E-state index in [0.29, 0.717) is 18.2 Å². The molecule has 140 valence electrons. The van der Waals surface area contributed by atoms with Gasteiger partial charge in [-0.25, -0.2) is 0 Å². The monoisotopic (exact) mass is 366 g/mol. The lowest BCUT2D eigenvalue weighted by Crippen LogP contribution is -2.41. The van der Waals surface area contributed by atoms with E-state index in [1.807, 2.05) is 4.90 Å². The molecule has 0 bridgehead atoms. The van der Waals surface area contributed by atoms with Gasteiger partial charge in [-0.3, -0.25) is 4.79 Å². The van der Waals surface area contributed by atoms with Crippen LogP contribution in [0.15, 0.2) is 18.2 Å². The van der Waals surface area contributed by atoms with Crippen LogP contribution in [-0.2, 0) is 4.79 Å². The van der Waals surface area contributed by atoms with Gasteiger partial charge in [0.05, 0.1) is 0 Å². The first-order chi connectivity index (χ1) is 11.6. The number of carbonyl (C=O) groups excluding carboxylic acids is 1. The number of nitrogens with zero attached hydrogens (tertiary/aromatic N) is 1. The van der Waals surface area contributed by atoms with Crippen LogP contribution in [0.1, 0.15) is 43.2 Å². The number of halogens is 1. The second-order valence-electron chi connectivity index (χ2n) is 7.36. The van der Waals surface area contributed by atoms with Crippen molar-refractivity contribution in [3.63, 3.8) is 0 Å². The van der Waals surface area contributed by atoms with Crippen LogP contribution in [0, 0.1) is 19.8 Å². The van der Waals surface area contributed by atoms with Gasteiger partial charge in [0.25, 0.3) is 0 Å². The van der Waals surface area contributed by atoms with Crippen molar-refractivity contribution in [2.24, 2.45) is 5.92 Å². The summed E-state index contributed by atoms with van der Waals surface area (Å²) in [5.74, 6) is 2.01. The molecule has 25 heavy (non-hydrogen) atoms. The molecule has 0 aliphatic carbocycles. The zero-order valence-corrected chi connectivity index (χ0v) is 16.2. The third kappa shape index (κ3) is 5.61. The number of benzene rings is 1. The molecule has 2 fully saturated rings. The van der Waals surface area contributed by atoms with Crippen molar-refractivity contribution in [1.29, 1.82) is 0 Å². The van der Waals surface area contributed by atoms with Crippen molar-refractivity contribution >= 4 is 18.3 Å². The number of amides is 1. The Bertz CT molecular complexity index is 565. The number of likely N-dealkylation sites (tertiary alicyclic amines) is 1. The maximum atomic E-state index is 12.4. The molecule has 3 rings (SSSR count). The lowest BCUT2D eigenvalue weighted by molar-refractivity contribution is -0.133. The molecule has 5 heteroatoms. The van der Waals surface area contributed by atoms with E-state index in [0.717, 1.165) is 51.2 Å². The zero-order valence-electron chi connectivity index (χ0n) is 15.4. The standard InChI is InChI=1S/C20H30N2O2.ClH/c1-15-3-4-16(2)19(13-15)24-18-8-11-22(12-9-18)20(23)6-5-17-7-10-21-14-17;/h3-4,13,17-18,21H,5-12,14H2,1-2H3;1H. The largest absolute Gasteiger partial charge is 0.490 e. The van der Waals surface area contributed by atoms with Crippen molar-refractivity contribution in [1.82, 2.24) is 10.2 Å². The minimum Gasteiger partial charge on any atom is -0.490 e. The van der Waals surface area contributed by atoms with E-state index in [1.165, 1.54) is 17.5 Å². The van der Waals surface area contributed by atoms with Gasteiger partial charge in [-0.15, -0.1) is 12.4 Å². The van der Waals surface area contributed by atoms with Crippen molar-refractivity contribution in [2.45, 2.75) is 52.1 Å². The minimum atomic E-state index is 0. The Morgan fingerprint density at radius 1 is 1.24 bits per heavy atom. The lowest BCUT2D eigenvalue weighted by atomic mass is 10.0. The molecule has 1 aromatic carbocycles. The van der Waals surface area contributed by atoms with Gasteiger partial charge < -0.3 is 15.0 Å². The van der Waals surface area contributed by atoms with E-state index in [9.17, 15) is 4.79 Å². The van der Waals surface area contributed by atoms with Crippen LogP contribution in [0.3, 0.4) is 0 Å².